The minimum atomic E-state index is -0.516. The summed E-state index contributed by atoms with van der Waals surface area (Å²) in [5.74, 6) is 4.84. The van der Waals surface area contributed by atoms with Gasteiger partial charge in [-0.25, -0.2) is 4.79 Å². The lowest BCUT2D eigenvalue weighted by molar-refractivity contribution is 0.261. The second-order valence-corrected chi connectivity index (χ2v) is 12.3. The van der Waals surface area contributed by atoms with E-state index in [1.54, 1.807) is 121 Å². The first-order valence-electron chi connectivity index (χ1n) is 16.3. The Morgan fingerprint density at radius 3 is 1.62 bits per heavy atom. The average Bonchev–Trinajstić information content (AvgIpc) is 3.60. The van der Waals surface area contributed by atoms with Gasteiger partial charge < -0.3 is 44.0 Å². The maximum absolute atomic E-state index is 12.1. The number of ether oxygens (including phenoxy) is 6. The number of halogens is 2. The summed E-state index contributed by atoms with van der Waals surface area (Å²) in [6.45, 7) is 1.75. The molecule has 7 aromatic rings. The summed E-state index contributed by atoms with van der Waals surface area (Å²) >= 11 is 12.4. The van der Waals surface area contributed by atoms with Gasteiger partial charge in [0.1, 0.15) is 23.0 Å². The fourth-order valence-electron chi connectivity index (χ4n) is 5.25. The molecule has 4 aromatic carbocycles. The second kappa shape index (κ2) is 17.0. The number of anilines is 3. The van der Waals surface area contributed by atoms with E-state index in [0.29, 0.717) is 78.6 Å². The summed E-state index contributed by atoms with van der Waals surface area (Å²) in [4.78, 5) is 20.8. The van der Waals surface area contributed by atoms with E-state index in [1.165, 1.54) is 0 Å². The maximum Gasteiger partial charge on any atom is 0.326 e. The average molecular weight is 786 g/mol. The Labute approximate surface area is 325 Å². The third-order valence-corrected chi connectivity index (χ3v) is 8.53. The van der Waals surface area contributed by atoms with Crippen LogP contribution >= 0.6 is 23.2 Å². The topological polar surface area (TPSA) is 174 Å². The van der Waals surface area contributed by atoms with Gasteiger partial charge in [0.15, 0.2) is 23.0 Å². The smallest absolute Gasteiger partial charge is 0.326 e. The SMILES string of the molecule is COc1cc2nccc(Oc3ccc(N)c(Cl)c3)c2cc1OC.COc1cc2nccc(Oc3ccc(NC(=O)Nc4cc(C)no4)c(Cl)c3)c2cc1OC. The van der Waals surface area contributed by atoms with Crippen molar-refractivity contribution in [2.75, 3.05) is 44.8 Å². The molecule has 3 heterocycles. The number of carbonyl (C=O) groups excluding carboxylic acids is 1. The van der Waals surface area contributed by atoms with Crippen molar-refractivity contribution in [1.29, 1.82) is 0 Å². The molecule has 55 heavy (non-hydrogen) atoms. The molecule has 3 aromatic heterocycles. The molecule has 7 rings (SSSR count). The number of urea groups is 1. The highest BCUT2D eigenvalue weighted by atomic mass is 35.5. The van der Waals surface area contributed by atoms with Crippen molar-refractivity contribution in [2.45, 2.75) is 6.92 Å². The van der Waals surface area contributed by atoms with E-state index in [0.717, 1.165) is 16.3 Å². The molecule has 2 amide bonds. The van der Waals surface area contributed by atoms with Gasteiger partial charge in [-0.05, 0) is 55.5 Å². The number of aromatic nitrogens is 3. The number of nitrogens with one attached hydrogen (secondary N) is 2. The number of hydrogen-bond acceptors (Lipinski definition) is 12. The van der Waals surface area contributed by atoms with Crippen LogP contribution in [0.15, 0.2) is 95.8 Å². The molecule has 0 radical (unpaired) electrons. The van der Waals surface area contributed by atoms with E-state index >= 15 is 0 Å². The zero-order chi connectivity index (χ0) is 39.1. The van der Waals surface area contributed by atoms with Crippen LogP contribution < -0.4 is 44.8 Å². The summed E-state index contributed by atoms with van der Waals surface area (Å²) in [7, 11) is 6.29. The number of pyridine rings is 2. The monoisotopic (exact) mass is 784 g/mol. The van der Waals surface area contributed by atoms with Crippen LogP contribution in [0.3, 0.4) is 0 Å². The second-order valence-electron chi connectivity index (χ2n) is 11.5. The van der Waals surface area contributed by atoms with Gasteiger partial charge in [-0.3, -0.25) is 15.3 Å². The molecule has 0 aliphatic heterocycles. The Morgan fingerprint density at radius 2 is 1.15 bits per heavy atom. The molecule has 0 spiro atoms. The molecule has 16 heteroatoms. The first kappa shape index (κ1) is 38.1. The Balaban J connectivity index is 0.000000197. The van der Waals surface area contributed by atoms with Crippen LogP contribution in [-0.4, -0.2) is 49.6 Å². The number of aryl methyl sites for hydroxylation is 1. The zero-order valence-electron chi connectivity index (χ0n) is 30.1. The highest BCUT2D eigenvalue weighted by molar-refractivity contribution is 6.34. The van der Waals surface area contributed by atoms with Crippen LogP contribution in [0.1, 0.15) is 5.69 Å². The highest BCUT2D eigenvalue weighted by Gasteiger charge is 2.15. The number of nitrogen functional groups attached to an aromatic ring is 1. The van der Waals surface area contributed by atoms with Crippen LogP contribution in [-0.2, 0) is 0 Å². The fourth-order valence-corrected chi connectivity index (χ4v) is 5.64. The van der Waals surface area contributed by atoms with Crippen LogP contribution in [0.2, 0.25) is 10.0 Å². The van der Waals surface area contributed by atoms with Crippen LogP contribution in [0.25, 0.3) is 21.8 Å². The quantitative estimate of drug-likeness (QED) is 0.112. The number of rotatable bonds is 10. The van der Waals surface area contributed by atoms with E-state index in [4.69, 9.17) is 61.9 Å². The lowest BCUT2D eigenvalue weighted by atomic mass is 10.2. The van der Waals surface area contributed by atoms with Crippen molar-refractivity contribution in [1.82, 2.24) is 15.1 Å². The third kappa shape index (κ3) is 8.95. The Hall–Kier alpha value is -6.64. The summed E-state index contributed by atoms with van der Waals surface area (Å²) in [6, 6.07) is 21.8. The summed E-state index contributed by atoms with van der Waals surface area (Å²) in [5.41, 5.74) is 8.69. The fraction of sp³-hybridized carbons (Fsp3) is 0.128. The van der Waals surface area contributed by atoms with Gasteiger partial charge in [-0.1, -0.05) is 28.4 Å². The molecule has 282 valence electrons. The molecule has 0 bridgehead atoms. The molecule has 0 saturated heterocycles. The number of nitrogens with two attached hydrogens (primary N) is 1. The molecular formula is C39H34Cl2N6O8. The van der Waals surface area contributed by atoms with Gasteiger partial charge in [0.05, 0.1) is 66.6 Å². The number of amides is 2. The first-order chi connectivity index (χ1) is 26.6. The molecular weight excluding hydrogens is 751 g/mol. The lowest BCUT2D eigenvalue weighted by Crippen LogP contribution is -2.19. The molecule has 0 aliphatic rings. The Kier molecular flexibility index (Phi) is 11.8. The van der Waals surface area contributed by atoms with Crippen molar-refractivity contribution in [3.8, 4) is 46.0 Å². The zero-order valence-corrected chi connectivity index (χ0v) is 31.6. The highest BCUT2D eigenvalue weighted by Crippen LogP contribution is 2.39. The summed E-state index contributed by atoms with van der Waals surface area (Å²) < 4.78 is 38.3. The molecule has 14 nitrogen and oxygen atoms in total. The van der Waals surface area contributed by atoms with E-state index in [-0.39, 0.29) is 5.88 Å². The minimum absolute atomic E-state index is 0.229. The third-order valence-electron chi connectivity index (χ3n) is 7.89. The Morgan fingerprint density at radius 1 is 0.636 bits per heavy atom. The van der Waals surface area contributed by atoms with Crippen LogP contribution in [0, 0.1) is 6.92 Å². The number of carbonyl (C=O) groups is 1. The number of hydrogen-bond donors (Lipinski definition) is 3. The molecule has 0 aliphatic carbocycles. The van der Waals surface area contributed by atoms with E-state index in [9.17, 15) is 4.79 Å². The van der Waals surface area contributed by atoms with Gasteiger partial charge in [-0.2, -0.15) is 0 Å². The number of methoxy groups -OCH3 is 4. The van der Waals surface area contributed by atoms with Crippen LogP contribution in [0.4, 0.5) is 22.1 Å². The van der Waals surface area contributed by atoms with Gasteiger partial charge in [-0.15, -0.1) is 0 Å². The van der Waals surface area contributed by atoms with E-state index < -0.39 is 6.03 Å². The van der Waals surface area contributed by atoms with Crippen molar-refractivity contribution in [3.05, 3.63) is 107 Å². The summed E-state index contributed by atoms with van der Waals surface area (Å²) in [6.07, 6.45) is 3.30. The molecule has 0 atom stereocenters. The van der Waals surface area contributed by atoms with Gasteiger partial charge in [0.2, 0.25) is 5.88 Å². The van der Waals surface area contributed by atoms with Crippen molar-refractivity contribution >= 4 is 68.3 Å². The molecule has 0 saturated carbocycles. The maximum atomic E-state index is 12.1. The van der Waals surface area contributed by atoms with Crippen LogP contribution in [0.5, 0.6) is 46.0 Å². The minimum Gasteiger partial charge on any atom is -0.493 e. The Bertz CT molecular complexity index is 2500. The predicted molar refractivity (Wildman–Crippen MR) is 211 cm³/mol. The molecule has 0 unspecified atom stereocenters. The number of benzene rings is 4. The number of fused-ring (bicyclic) bond motifs is 2. The first-order valence-corrected chi connectivity index (χ1v) is 17.1. The molecule has 4 N–H and O–H groups in total. The summed E-state index contributed by atoms with van der Waals surface area (Å²) in [5, 5.41) is 11.2. The van der Waals surface area contributed by atoms with Crippen molar-refractivity contribution < 1.29 is 37.7 Å². The van der Waals surface area contributed by atoms with Crippen molar-refractivity contribution in [3.63, 3.8) is 0 Å². The van der Waals surface area contributed by atoms with E-state index in [2.05, 4.69) is 25.8 Å². The van der Waals surface area contributed by atoms with Gasteiger partial charge in [0.25, 0.3) is 0 Å². The molecule has 0 fully saturated rings. The van der Waals surface area contributed by atoms with E-state index in [1.807, 2.05) is 6.07 Å². The number of nitrogens with zero attached hydrogens (tertiary/aromatic N) is 3. The van der Waals surface area contributed by atoms with Gasteiger partial charge in [0, 0.05) is 53.5 Å². The van der Waals surface area contributed by atoms with Gasteiger partial charge >= 0.3 is 6.03 Å². The standard InChI is InChI=1S/C22H19ClN4O5.C17H15ClN2O3/c1-12-8-21(32-27-12)26-22(28)25-16-5-4-13(9-15(16)23)31-18-6-7-24-17-11-20(30-3)19(29-2)10-14(17)18;1-21-16-8-11-14(9-17(16)22-2)20-6-5-15(11)23-10-3-4-13(19)12(18)7-10/h4-11H,1-3H3,(H2,25,26,28);3-9H,19H2,1-2H3. The lowest BCUT2D eigenvalue weighted by Gasteiger charge is -2.13. The predicted octanol–water partition coefficient (Wildman–Crippen LogP) is 9.92. The largest absolute Gasteiger partial charge is 0.493 e. The normalized spacial score (nSPS) is 10.6. The van der Waals surface area contributed by atoms with Crippen molar-refractivity contribution in [2.24, 2.45) is 0 Å².